The van der Waals surface area contributed by atoms with Crippen LogP contribution in [0.5, 0.6) is 0 Å². The van der Waals surface area contributed by atoms with E-state index in [-0.39, 0.29) is 0 Å². The van der Waals surface area contributed by atoms with E-state index in [1.807, 2.05) is 30.3 Å². The number of anilines is 1. The van der Waals surface area contributed by atoms with Gasteiger partial charge in [0.05, 0.1) is 10.0 Å². The molecule has 0 aromatic heterocycles. The highest BCUT2D eigenvalue weighted by molar-refractivity contribution is 7.82. The second-order valence-electron chi connectivity index (χ2n) is 3.90. The first kappa shape index (κ1) is 15.2. The van der Waals surface area contributed by atoms with Gasteiger partial charge in [-0.25, -0.2) is 0 Å². The van der Waals surface area contributed by atoms with E-state index in [0.717, 1.165) is 11.3 Å². The standard InChI is InChI=1S/C14H10Cl2N2S2/c15-11-7-6-10(8-12(11)16)17-14(20)18-13(19)9-4-2-1-3-5-9/h1-8H,(H2,17,18,19,20). The minimum absolute atomic E-state index is 0.400. The molecule has 0 bridgehead atoms. The summed E-state index contributed by atoms with van der Waals surface area (Å²) in [5, 5.41) is 7.31. The van der Waals surface area contributed by atoms with Gasteiger partial charge in [-0.2, -0.15) is 0 Å². The van der Waals surface area contributed by atoms with Crippen LogP contribution in [0.4, 0.5) is 5.69 Å². The topological polar surface area (TPSA) is 24.1 Å². The monoisotopic (exact) mass is 340 g/mol. The Morgan fingerprint density at radius 3 is 2.25 bits per heavy atom. The fourth-order valence-corrected chi connectivity index (χ4v) is 2.32. The van der Waals surface area contributed by atoms with Crippen molar-refractivity contribution >= 4 is 63.4 Å². The van der Waals surface area contributed by atoms with E-state index in [0.29, 0.717) is 20.1 Å². The van der Waals surface area contributed by atoms with Crippen molar-refractivity contribution in [2.24, 2.45) is 0 Å². The predicted octanol–water partition coefficient (Wildman–Crippen LogP) is 4.66. The van der Waals surface area contributed by atoms with Gasteiger partial charge in [-0.1, -0.05) is 65.8 Å². The van der Waals surface area contributed by atoms with Crippen LogP contribution in [0.25, 0.3) is 0 Å². The second kappa shape index (κ2) is 6.99. The summed E-state index contributed by atoms with van der Waals surface area (Å²) in [4.78, 5) is 0.558. The molecular weight excluding hydrogens is 331 g/mol. The summed E-state index contributed by atoms with van der Waals surface area (Å²) in [7, 11) is 0. The van der Waals surface area contributed by atoms with Gasteiger partial charge in [-0.05, 0) is 30.4 Å². The quantitative estimate of drug-likeness (QED) is 0.776. The lowest BCUT2D eigenvalue weighted by Gasteiger charge is -2.12. The molecule has 0 heterocycles. The minimum atomic E-state index is 0.400. The maximum absolute atomic E-state index is 5.94. The van der Waals surface area contributed by atoms with Crippen LogP contribution in [0.15, 0.2) is 48.5 Å². The third kappa shape index (κ3) is 4.15. The molecule has 0 saturated heterocycles. The van der Waals surface area contributed by atoms with Crippen molar-refractivity contribution in [2.75, 3.05) is 5.32 Å². The van der Waals surface area contributed by atoms with Gasteiger partial charge in [0.25, 0.3) is 0 Å². The molecule has 0 aliphatic carbocycles. The first-order valence-corrected chi connectivity index (χ1v) is 7.26. The van der Waals surface area contributed by atoms with Crippen molar-refractivity contribution in [2.45, 2.75) is 0 Å². The second-order valence-corrected chi connectivity index (χ2v) is 5.53. The lowest BCUT2D eigenvalue weighted by atomic mass is 10.2. The van der Waals surface area contributed by atoms with E-state index in [1.165, 1.54) is 0 Å². The summed E-state index contributed by atoms with van der Waals surface area (Å²) in [6, 6.07) is 14.8. The van der Waals surface area contributed by atoms with E-state index < -0.39 is 0 Å². The first-order valence-electron chi connectivity index (χ1n) is 5.68. The molecule has 102 valence electrons. The van der Waals surface area contributed by atoms with Crippen LogP contribution in [-0.4, -0.2) is 10.1 Å². The number of nitrogens with one attached hydrogen (secondary N) is 2. The van der Waals surface area contributed by atoms with Crippen LogP contribution in [0.2, 0.25) is 10.0 Å². The van der Waals surface area contributed by atoms with E-state index >= 15 is 0 Å². The molecule has 0 unspecified atom stereocenters. The third-order valence-electron chi connectivity index (χ3n) is 2.44. The van der Waals surface area contributed by atoms with E-state index in [4.69, 9.17) is 47.6 Å². The smallest absolute Gasteiger partial charge is 0.175 e. The predicted molar refractivity (Wildman–Crippen MR) is 94.0 cm³/mol. The number of thiocarbonyl (C=S) groups is 2. The Hall–Kier alpha value is -1.20. The van der Waals surface area contributed by atoms with E-state index in [2.05, 4.69) is 10.6 Å². The summed E-state index contributed by atoms with van der Waals surface area (Å²) in [6.07, 6.45) is 0. The highest BCUT2D eigenvalue weighted by Gasteiger charge is 2.05. The van der Waals surface area contributed by atoms with Gasteiger partial charge in [0.15, 0.2) is 5.11 Å². The maximum Gasteiger partial charge on any atom is 0.175 e. The molecule has 2 rings (SSSR count). The number of hydrogen-bond donors (Lipinski definition) is 2. The molecule has 0 atom stereocenters. The van der Waals surface area contributed by atoms with Crippen molar-refractivity contribution in [1.29, 1.82) is 0 Å². The van der Waals surface area contributed by atoms with Gasteiger partial charge in [0, 0.05) is 11.3 Å². The summed E-state index contributed by atoms with van der Waals surface area (Å²) >= 11 is 22.3. The Kier molecular flexibility index (Phi) is 5.31. The van der Waals surface area contributed by atoms with Gasteiger partial charge < -0.3 is 10.6 Å². The zero-order valence-electron chi connectivity index (χ0n) is 10.2. The molecule has 2 nitrogen and oxygen atoms in total. The van der Waals surface area contributed by atoms with Crippen LogP contribution in [0.3, 0.4) is 0 Å². The van der Waals surface area contributed by atoms with Gasteiger partial charge >= 0.3 is 0 Å². The molecular formula is C14H10Cl2N2S2. The van der Waals surface area contributed by atoms with Crippen molar-refractivity contribution in [3.05, 3.63) is 64.1 Å². The molecule has 0 fully saturated rings. The van der Waals surface area contributed by atoms with Crippen molar-refractivity contribution in [1.82, 2.24) is 5.32 Å². The van der Waals surface area contributed by atoms with E-state index in [1.54, 1.807) is 18.2 Å². The molecule has 2 aromatic rings. The largest absolute Gasteiger partial charge is 0.332 e. The van der Waals surface area contributed by atoms with Crippen LogP contribution >= 0.6 is 47.6 Å². The molecule has 2 aromatic carbocycles. The van der Waals surface area contributed by atoms with Crippen LogP contribution in [0.1, 0.15) is 5.56 Å². The fourth-order valence-electron chi connectivity index (χ4n) is 1.50. The summed E-state index contributed by atoms with van der Waals surface area (Å²) in [6.45, 7) is 0. The SMILES string of the molecule is S=C(NC(=S)c1ccccc1)Nc1ccc(Cl)c(Cl)c1. The van der Waals surface area contributed by atoms with Crippen molar-refractivity contribution < 1.29 is 0 Å². The van der Waals surface area contributed by atoms with Crippen molar-refractivity contribution in [3.63, 3.8) is 0 Å². The highest BCUT2D eigenvalue weighted by atomic mass is 35.5. The molecule has 6 heteroatoms. The Labute approximate surface area is 138 Å². The maximum atomic E-state index is 5.94. The molecule has 0 aliphatic rings. The van der Waals surface area contributed by atoms with Crippen LogP contribution in [-0.2, 0) is 0 Å². The Morgan fingerprint density at radius 2 is 1.60 bits per heavy atom. The molecule has 2 N–H and O–H groups in total. The van der Waals surface area contributed by atoms with Gasteiger partial charge in [0.1, 0.15) is 4.99 Å². The van der Waals surface area contributed by atoms with E-state index in [9.17, 15) is 0 Å². The Morgan fingerprint density at radius 1 is 0.900 bits per heavy atom. The van der Waals surface area contributed by atoms with Crippen LogP contribution in [0, 0.1) is 0 Å². The minimum Gasteiger partial charge on any atom is -0.332 e. The molecule has 0 spiro atoms. The average Bonchev–Trinajstić information content (AvgIpc) is 2.44. The summed E-state index contributed by atoms with van der Waals surface area (Å²) in [5.74, 6) is 0. The lowest BCUT2D eigenvalue weighted by Crippen LogP contribution is -2.33. The normalized spacial score (nSPS) is 9.90. The lowest BCUT2D eigenvalue weighted by molar-refractivity contribution is 1.40. The Bertz CT molecular complexity index is 645. The number of rotatable bonds is 2. The third-order valence-corrected chi connectivity index (χ3v) is 3.72. The molecule has 0 saturated carbocycles. The first-order chi connectivity index (χ1) is 9.56. The highest BCUT2D eigenvalue weighted by Crippen LogP contribution is 2.24. The number of hydrogen-bond acceptors (Lipinski definition) is 2. The zero-order chi connectivity index (χ0) is 14.5. The zero-order valence-corrected chi connectivity index (χ0v) is 13.3. The molecule has 20 heavy (non-hydrogen) atoms. The van der Waals surface area contributed by atoms with Gasteiger partial charge in [-0.15, -0.1) is 0 Å². The van der Waals surface area contributed by atoms with Gasteiger partial charge in [0.2, 0.25) is 0 Å². The fraction of sp³-hybridized carbons (Fsp3) is 0. The number of benzene rings is 2. The molecule has 0 aliphatic heterocycles. The average molecular weight is 341 g/mol. The summed E-state index contributed by atoms with van der Waals surface area (Å²) < 4.78 is 0. The van der Waals surface area contributed by atoms with Crippen LogP contribution < -0.4 is 10.6 Å². The van der Waals surface area contributed by atoms with Crippen molar-refractivity contribution in [3.8, 4) is 0 Å². The number of halogens is 2. The van der Waals surface area contributed by atoms with Gasteiger partial charge in [-0.3, -0.25) is 0 Å². The molecule has 0 radical (unpaired) electrons. The molecule has 0 amide bonds. The Balaban J connectivity index is 1.99. The summed E-state index contributed by atoms with van der Waals surface area (Å²) in [5.41, 5.74) is 1.65.